The van der Waals surface area contributed by atoms with Crippen molar-refractivity contribution in [1.82, 2.24) is 14.8 Å². The molecule has 1 aliphatic carbocycles. The summed E-state index contributed by atoms with van der Waals surface area (Å²) in [4.78, 5) is 15.2. The van der Waals surface area contributed by atoms with Gasteiger partial charge in [-0.25, -0.2) is 0 Å². The zero-order chi connectivity index (χ0) is 20.5. The molecule has 2 aromatic rings. The van der Waals surface area contributed by atoms with Crippen molar-refractivity contribution in [2.45, 2.75) is 69.8 Å². The Hall–Kier alpha value is -2.02. The standard InChI is InChI=1S/C22H31N5OS/c1-14-10-12-26(13-11-14)21-24-25-22(27(21)18-8-9-18)29-17(4)20(28)23-19-15(2)6-5-7-16(19)3/h5-7,14,17-18H,8-13H2,1-4H3,(H,23,28). The first-order valence-corrected chi connectivity index (χ1v) is 11.6. The average Bonchev–Trinajstić information content (AvgIpc) is 3.45. The molecule has 1 amide bonds. The van der Waals surface area contributed by atoms with Gasteiger partial charge in [0.05, 0.1) is 5.25 Å². The summed E-state index contributed by atoms with van der Waals surface area (Å²) in [6.07, 6.45) is 4.75. The van der Waals surface area contributed by atoms with E-state index in [1.54, 1.807) is 0 Å². The quantitative estimate of drug-likeness (QED) is 0.702. The molecular formula is C22H31N5OS. The van der Waals surface area contributed by atoms with Crippen molar-refractivity contribution >= 4 is 29.3 Å². The first-order valence-electron chi connectivity index (χ1n) is 10.7. The van der Waals surface area contributed by atoms with Crippen LogP contribution in [0.15, 0.2) is 23.4 Å². The molecule has 0 spiro atoms. The lowest BCUT2D eigenvalue weighted by atomic mass is 10.00. The van der Waals surface area contributed by atoms with Crippen LogP contribution in [-0.4, -0.2) is 39.0 Å². The highest BCUT2D eigenvalue weighted by atomic mass is 32.2. The fourth-order valence-electron chi connectivity index (χ4n) is 3.87. The molecule has 4 rings (SSSR count). The van der Waals surface area contributed by atoms with E-state index in [4.69, 9.17) is 0 Å². The van der Waals surface area contributed by atoms with Gasteiger partial charge in [-0.1, -0.05) is 36.9 Å². The zero-order valence-corrected chi connectivity index (χ0v) is 18.6. The van der Waals surface area contributed by atoms with Gasteiger partial charge in [-0.3, -0.25) is 9.36 Å². The van der Waals surface area contributed by atoms with Crippen molar-refractivity contribution in [2.24, 2.45) is 5.92 Å². The molecule has 1 aromatic carbocycles. The van der Waals surface area contributed by atoms with Gasteiger partial charge in [0.1, 0.15) is 0 Å². The van der Waals surface area contributed by atoms with Gasteiger partial charge in [0.2, 0.25) is 11.9 Å². The predicted octanol–water partition coefficient (Wildman–Crippen LogP) is 4.59. The molecule has 156 valence electrons. The molecule has 2 aliphatic rings. The number of hydrogen-bond donors (Lipinski definition) is 1. The number of amides is 1. The van der Waals surface area contributed by atoms with Gasteiger partial charge in [-0.05, 0) is 63.5 Å². The van der Waals surface area contributed by atoms with Crippen LogP contribution in [0.4, 0.5) is 11.6 Å². The maximum atomic E-state index is 12.9. The van der Waals surface area contributed by atoms with Gasteiger partial charge in [0.25, 0.3) is 0 Å². The number of hydrogen-bond acceptors (Lipinski definition) is 5. The van der Waals surface area contributed by atoms with Crippen LogP contribution in [0.5, 0.6) is 0 Å². The lowest BCUT2D eigenvalue weighted by Crippen LogP contribution is -2.34. The molecule has 1 unspecified atom stereocenters. The summed E-state index contributed by atoms with van der Waals surface area (Å²) in [7, 11) is 0. The zero-order valence-electron chi connectivity index (χ0n) is 17.8. The van der Waals surface area contributed by atoms with Gasteiger partial charge in [0, 0.05) is 24.8 Å². The molecular weight excluding hydrogens is 382 g/mol. The molecule has 6 nitrogen and oxygen atoms in total. The Balaban J connectivity index is 1.48. The topological polar surface area (TPSA) is 63.1 Å². The van der Waals surface area contributed by atoms with Crippen LogP contribution in [0, 0.1) is 19.8 Å². The van der Waals surface area contributed by atoms with Gasteiger partial charge >= 0.3 is 0 Å². The molecule has 1 aliphatic heterocycles. The number of benzene rings is 1. The molecule has 2 heterocycles. The maximum Gasteiger partial charge on any atom is 0.237 e. The lowest BCUT2D eigenvalue weighted by molar-refractivity contribution is -0.115. The molecule has 2 fully saturated rings. The minimum absolute atomic E-state index is 0.00564. The highest BCUT2D eigenvalue weighted by molar-refractivity contribution is 8.00. The molecule has 1 saturated carbocycles. The van der Waals surface area contributed by atoms with E-state index in [-0.39, 0.29) is 11.2 Å². The Morgan fingerprint density at radius 1 is 1.14 bits per heavy atom. The molecule has 7 heteroatoms. The van der Waals surface area contributed by atoms with Crippen LogP contribution < -0.4 is 10.2 Å². The summed E-state index contributed by atoms with van der Waals surface area (Å²) in [5, 5.41) is 12.8. The molecule has 1 N–H and O–H groups in total. The van der Waals surface area contributed by atoms with E-state index in [1.165, 1.54) is 37.4 Å². The van der Waals surface area contributed by atoms with Crippen molar-refractivity contribution in [1.29, 1.82) is 0 Å². The van der Waals surface area contributed by atoms with Crippen molar-refractivity contribution in [3.63, 3.8) is 0 Å². The second-order valence-electron chi connectivity index (χ2n) is 8.57. The minimum Gasteiger partial charge on any atom is -0.341 e. The minimum atomic E-state index is -0.245. The largest absolute Gasteiger partial charge is 0.341 e. The van der Waals surface area contributed by atoms with Crippen molar-refractivity contribution in [3.05, 3.63) is 29.3 Å². The van der Waals surface area contributed by atoms with E-state index in [2.05, 4.69) is 31.9 Å². The second kappa shape index (κ2) is 8.38. The average molecular weight is 414 g/mol. The van der Waals surface area contributed by atoms with E-state index in [9.17, 15) is 4.79 Å². The number of carbonyl (C=O) groups excluding carboxylic acids is 1. The van der Waals surface area contributed by atoms with E-state index in [0.29, 0.717) is 6.04 Å². The molecule has 1 saturated heterocycles. The Kier molecular flexibility index (Phi) is 5.86. The lowest BCUT2D eigenvalue weighted by Gasteiger charge is -2.31. The maximum absolute atomic E-state index is 12.9. The summed E-state index contributed by atoms with van der Waals surface area (Å²) in [5.41, 5.74) is 3.08. The second-order valence-corrected chi connectivity index (χ2v) is 9.88. The van der Waals surface area contributed by atoms with Gasteiger partial charge < -0.3 is 10.2 Å². The molecule has 0 radical (unpaired) electrons. The fraction of sp³-hybridized carbons (Fsp3) is 0.591. The SMILES string of the molecule is Cc1cccc(C)c1NC(=O)C(C)Sc1nnc(N2CCC(C)CC2)n1C1CC1. The van der Waals surface area contributed by atoms with Gasteiger partial charge in [-0.15, -0.1) is 10.2 Å². The summed E-state index contributed by atoms with van der Waals surface area (Å²) in [5.74, 6) is 1.78. The normalized spacial score (nSPS) is 18.7. The van der Waals surface area contributed by atoms with Crippen LogP contribution in [-0.2, 0) is 4.79 Å². The monoisotopic (exact) mass is 413 g/mol. The molecule has 1 aromatic heterocycles. The number of nitrogens with zero attached hydrogens (tertiary/aromatic N) is 4. The first kappa shape index (κ1) is 20.3. The predicted molar refractivity (Wildman–Crippen MR) is 119 cm³/mol. The number of carbonyl (C=O) groups is 1. The number of aryl methyl sites for hydroxylation is 2. The summed E-state index contributed by atoms with van der Waals surface area (Å²) in [6.45, 7) is 10.4. The number of thioether (sulfide) groups is 1. The first-order chi connectivity index (χ1) is 13.9. The fourth-order valence-corrected chi connectivity index (χ4v) is 4.79. The van der Waals surface area contributed by atoms with Gasteiger partial charge in [-0.2, -0.15) is 0 Å². The summed E-state index contributed by atoms with van der Waals surface area (Å²) >= 11 is 1.51. The van der Waals surface area contributed by atoms with Crippen molar-refractivity contribution in [2.75, 3.05) is 23.3 Å². The van der Waals surface area contributed by atoms with E-state index >= 15 is 0 Å². The highest BCUT2D eigenvalue weighted by Crippen LogP contribution is 2.42. The molecule has 0 bridgehead atoms. The number of rotatable bonds is 6. The van der Waals surface area contributed by atoms with Crippen LogP contribution >= 0.6 is 11.8 Å². The van der Waals surface area contributed by atoms with E-state index < -0.39 is 0 Å². The third-order valence-corrected chi connectivity index (χ3v) is 7.06. The molecule has 1 atom stereocenters. The summed E-state index contributed by atoms with van der Waals surface area (Å²) < 4.78 is 2.28. The third kappa shape index (κ3) is 4.44. The number of para-hydroxylation sites is 1. The van der Waals surface area contributed by atoms with E-state index in [0.717, 1.165) is 46.9 Å². The number of anilines is 2. The summed E-state index contributed by atoms with van der Waals surface area (Å²) in [6, 6.07) is 6.54. The van der Waals surface area contributed by atoms with E-state index in [1.807, 2.05) is 39.0 Å². The smallest absolute Gasteiger partial charge is 0.237 e. The Bertz CT molecular complexity index is 863. The van der Waals surface area contributed by atoms with Crippen molar-refractivity contribution < 1.29 is 4.79 Å². The Labute approximate surface area is 177 Å². The number of piperidine rings is 1. The Morgan fingerprint density at radius 3 is 2.41 bits per heavy atom. The third-order valence-electron chi connectivity index (χ3n) is 6.01. The van der Waals surface area contributed by atoms with Crippen LogP contribution in [0.3, 0.4) is 0 Å². The van der Waals surface area contributed by atoms with Crippen molar-refractivity contribution in [3.8, 4) is 0 Å². The molecule has 29 heavy (non-hydrogen) atoms. The highest BCUT2D eigenvalue weighted by Gasteiger charge is 2.33. The van der Waals surface area contributed by atoms with Crippen LogP contribution in [0.25, 0.3) is 0 Å². The number of aromatic nitrogens is 3. The Morgan fingerprint density at radius 2 is 1.79 bits per heavy atom. The van der Waals surface area contributed by atoms with Crippen LogP contribution in [0.1, 0.15) is 56.7 Å². The number of nitrogens with one attached hydrogen (secondary N) is 1. The van der Waals surface area contributed by atoms with Crippen LogP contribution in [0.2, 0.25) is 0 Å². The van der Waals surface area contributed by atoms with Gasteiger partial charge in [0.15, 0.2) is 5.16 Å².